The standard InChI is InChI=1S/C19H34NP2.2CHO.Mn/c1-14(2)21(15(3)4)12-18-10-9-11-19(20-18)13-22(16(5)6)17(7)8;2*1-2;/h9-12,14-17H,13H2,1-8H3;2*1H;/q3*-1;+3/p+2. The molecule has 0 aliphatic carbocycles. The first kappa shape index (κ1) is 31.4. The van der Waals surface area contributed by atoms with Gasteiger partial charge in [-0.25, -0.2) is 0 Å². The van der Waals surface area contributed by atoms with Gasteiger partial charge in [0, 0.05) is 21.7 Å². The van der Waals surface area contributed by atoms with Crippen LogP contribution in [0.1, 0.15) is 55.4 Å². The van der Waals surface area contributed by atoms with Crippen molar-refractivity contribution in [2.24, 2.45) is 0 Å². The van der Waals surface area contributed by atoms with Gasteiger partial charge in [0.05, 0.1) is 28.8 Å². The Kier molecular flexibility index (Phi) is 20.7. The first-order chi connectivity index (χ1) is 12.2. The van der Waals surface area contributed by atoms with Crippen LogP contribution in [0.15, 0.2) is 35.4 Å². The molecule has 6 heteroatoms. The molecule has 0 unspecified atom stereocenters. The van der Waals surface area contributed by atoms with Crippen LogP contribution < -0.4 is 0 Å². The predicted octanol–water partition coefficient (Wildman–Crippen LogP) is 6.17. The van der Waals surface area contributed by atoms with Crippen molar-refractivity contribution in [2.75, 3.05) is 6.16 Å². The Balaban J connectivity index is -0.00000108. The van der Waals surface area contributed by atoms with Gasteiger partial charge in [0.2, 0.25) is 0 Å². The third kappa shape index (κ3) is 12.7. The van der Waals surface area contributed by atoms with Gasteiger partial charge in [0.25, 0.3) is 0 Å². The Morgan fingerprint density at radius 1 is 0.889 bits per heavy atom. The second-order valence-electron chi connectivity index (χ2n) is 7.57. The summed E-state index contributed by atoms with van der Waals surface area (Å²) < 4.78 is 0. The number of carbonyl (C=O) groups excluding carboxylic acids is 2. The molecule has 1 aliphatic heterocycles. The van der Waals surface area contributed by atoms with Crippen LogP contribution in [0.3, 0.4) is 0 Å². The Morgan fingerprint density at radius 2 is 1.33 bits per heavy atom. The largest absolute Gasteiger partial charge is 3.00 e. The zero-order valence-electron chi connectivity index (χ0n) is 18.1. The number of hydrogen-bond acceptors (Lipinski definition) is 2. The summed E-state index contributed by atoms with van der Waals surface area (Å²) in [5.41, 5.74) is 5.67. The number of nitrogens with zero attached hydrogens (tertiary/aromatic N) is 1. The van der Waals surface area contributed by atoms with Gasteiger partial charge in [-0.05, 0) is 55.4 Å². The van der Waals surface area contributed by atoms with E-state index in [0.717, 1.165) is 22.6 Å². The maximum atomic E-state index is 7.75. The van der Waals surface area contributed by atoms with Gasteiger partial charge in [-0.1, -0.05) is 18.2 Å². The van der Waals surface area contributed by atoms with E-state index >= 15 is 0 Å². The molecule has 1 aliphatic rings. The van der Waals surface area contributed by atoms with Crippen molar-refractivity contribution >= 4 is 29.4 Å². The molecule has 0 radical (unpaired) electrons. The van der Waals surface area contributed by atoms with Crippen molar-refractivity contribution in [1.29, 1.82) is 0 Å². The van der Waals surface area contributed by atoms with Crippen LogP contribution in [0.2, 0.25) is 0 Å². The third-order valence-electron chi connectivity index (χ3n) is 4.34. The summed E-state index contributed by atoms with van der Waals surface area (Å²) in [6.45, 7) is 25.4. The van der Waals surface area contributed by atoms with Crippen molar-refractivity contribution in [3.63, 3.8) is 0 Å². The molecular weight excluding hydrogens is 415 g/mol. The fourth-order valence-electron chi connectivity index (χ4n) is 3.13. The van der Waals surface area contributed by atoms with Crippen LogP contribution in [-0.2, 0) is 26.7 Å². The van der Waals surface area contributed by atoms with Crippen molar-refractivity contribution < 1.29 is 26.7 Å². The van der Waals surface area contributed by atoms with E-state index in [9.17, 15) is 0 Å². The summed E-state index contributed by atoms with van der Waals surface area (Å²) in [6.07, 6.45) is 7.82. The molecule has 0 aromatic heterocycles. The third-order valence-corrected chi connectivity index (χ3v) is 11.4. The molecule has 154 valence electrons. The molecule has 3 nitrogen and oxygen atoms in total. The quantitative estimate of drug-likeness (QED) is 0.200. The van der Waals surface area contributed by atoms with Crippen LogP contribution in [0.25, 0.3) is 5.32 Å². The summed E-state index contributed by atoms with van der Waals surface area (Å²) in [4.78, 5) is 15.5. The monoisotopic (exact) mass is 453 g/mol. The molecule has 0 bridgehead atoms. The van der Waals surface area contributed by atoms with Gasteiger partial charge in [-0.2, -0.15) is 0 Å². The van der Waals surface area contributed by atoms with Crippen LogP contribution in [0, 0.1) is 0 Å². The molecule has 0 fully saturated rings. The minimum atomic E-state index is -0.487. The average molecular weight is 453 g/mol. The molecular formula is C21H38MnNO2P2+2. The molecule has 27 heavy (non-hydrogen) atoms. The molecule has 0 aromatic rings. The molecule has 0 aromatic carbocycles. The number of allylic oxidation sites excluding steroid dienone is 4. The second-order valence-corrected chi connectivity index (χ2v) is 15.0. The molecule has 0 amide bonds. The van der Waals surface area contributed by atoms with Gasteiger partial charge in [-0.15, -0.1) is 11.4 Å². The fraction of sp³-hybridized carbons (Fsp3) is 0.619. The molecule has 0 saturated heterocycles. The van der Waals surface area contributed by atoms with Crippen molar-refractivity contribution in [1.82, 2.24) is 0 Å². The zero-order chi connectivity index (χ0) is 20.9. The smallest absolute Gasteiger partial charge is 0.656 e. The van der Waals surface area contributed by atoms with E-state index in [4.69, 9.17) is 14.9 Å². The molecule has 0 N–H and O–H groups in total. The van der Waals surface area contributed by atoms with Crippen molar-refractivity contribution in [3.8, 4) is 0 Å². The van der Waals surface area contributed by atoms with E-state index in [1.165, 1.54) is 17.6 Å². The minimum absolute atomic E-state index is 0. The summed E-state index contributed by atoms with van der Waals surface area (Å²) in [5, 5.41) is 4.98. The first-order valence-corrected chi connectivity index (χ1v) is 12.8. The second kappa shape index (κ2) is 17.8. The average Bonchev–Trinajstić information content (AvgIpc) is 2.60. The Labute approximate surface area is 180 Å². The summed E-state index contributed by atoms with van der Waals surface area (Å²) >= 11 is 0. The van der Waals surface area contributed by atoms with Gasteiger partial charge in [0.15, 0.2) is 0 Å². The van der Waals surface area contributed by atoms with E-state index in [2.05, 4.69) is 93.0 Å². The first-order valence-electron chi connectivity index (χ1n) is 9.22. The number of rotatable bonds is 7. The van der Waals surface area contributed by atoms with E-state index in [-0.39, 0.29) is 25.0 Å². The Hall–Kier alpha value is -0.261. The van der Waals surface area contributed by atoms with Gasteiger partial charge >= 0.3 is 17.1 Å². The van der Waals surface area contributed by atoms with Crippen molar-refractivity contribution in [2.45, 2.75) is 78.0 Å². The van der Waals surface area contributed by atoms with E-state index < -0.39 is 7.92 Å². The van der Waals surface area contributed by atoms with Crippen LogP contribution in [0.4, 0.5) is 0 Å². The molecule has 1 heterocycles. The van der Waals surface area contributed by atoms with Gasteiger partial charge in [0.1, 0.15) is 0 Å². The normalized spacial score (nSPS) is 14.6. The van der Waals surface area contributed by atoms with Crippen LogP contribution in [0.5, 0.6) is 0 Å². The zero-order valence-corrected chi connectivity index (χ0v) is 21.3. The molecule has 0 spiro atoms. The predicted molar refractivity (Wildman–Crippen MR) is 124 cm³/mol. The fourth-order valence-corrected chi connectivity index (χ4v) is 8.40. The maximum Gasteiger partial charge on any atom is 3.00 e. The van der Waals surface area contributed by atoms with E-state index in [1.807, 2.05) is 0 Å². The summed E-state index contributed by atoms with van der Waals surface area (Å²) in [6, 6.07) is 0. The molecule has 1 rings (SSSR count). The Bertz CT molecular complexity index is 457. The van der Waals surface area contributed by atoms with E-state index in [0.29, 0.717) is 0 Å². The summed E-state index contributed by atoms with van der Waals surface area (Å²) in [5.74, 6) is 2.49. The molecule has 0 saturated carbocycles. The SMILES string of the molecule is CC(C)[PH+](C=C1C=CC=C(C[PH+](C(C)C)C(C)C)[N-]1)C(C)C.[CH-]=O.[CH-]=O.[Mn+3]. The van der Waals surface area contributed by atoms with E-state index in [1.54, 1.807) is 0 Å². The van der Waals surface area contributed by atoms with Gasteiger partial charge in [-0.3, -0.25) is 13.6 Å². The van der Waals surface area contributed by atoms with Crippen molar-refractivity contribution in [3.05, 3.63) is 40.8 Å². The summed E-state index contributed by atoms with van der Waals surface area (Å²) in [7, 11) is -0.863. The van der Waals surface area contributed by atoms with Gasteiger partial charge < -0.3 is 14.9 Å². The minimum Gasteiger partial charge on any atom is -0.656 e. The maximum absolute atomic E-state index is 7.75. The topological polar surface area (TPSA) is 48.2 Å². The number of hydrogen-bond donors (Lipinski definition) is 0. The van der Waals surface area contributed by atoms with Crippen LogP contribution in [-0.4, -0.2) is 42.4 Å². The van der Waals surface area contributed by atoms with Crippen LogP contribution >= 0.6 is 15.8 Å². The Morgan fingerprint density at radius 3 is 1.70 bits per heavy atom. The molecule has 0 atom stereocenters.